The predicted molar refractivity (Wildman–Crippen MR) is 79.4 cm³/mol. The van der Waals surface area contributed by atoms with Gasteiger partial charge in [-0.25, -0.2) is 4.79 Å². The Balaban J connectivity index is 1.66. The third-order valence-electron chi connectivity index (χ3n) is 4.23. The molecule has 0 aromatic carbocycles. The van der Waals surface area contributed by atoms with Crippen LogP contribution in [0.25, 0.3) is 0 Å². The molecule has 2 amide bonds. The molecule has 0 saturated carbocycles. The van der Waals surface area contributed by atoms with Crippen LogP contribution in [0.5, 0.6) is 0 Å². The number of hydrogen-bond donors (Lipinski definition) is 0. The zero-order valence-corrected chi connectivity index (χ0v) is 13.2. The average Bonchev–Trinajstić information content (AvgIpc) is 3.12. The van der Waals surface area contributed by atoms with Gasteiger partial charge < -0.3 is 19.0 Å². The van der Waals surface area contributed by atoms with Crippen molar-refractivity contribution in [2.45, 2.75) is 38.8 Å². The van der Waals surface area contributed by atoms with Crippen LogP contribution in [-0.4, -0.2) is 53.1 Å². The lowest BCUT2D eigenvalue weighted by Crippen LogP contribution is -2.43. The summed E-state index contributed by atoms with van der Waals surface area (Å²) in [7, 11) is 0. The summed E-state index contributed by atoms with van der Waals surface area (Å²) < 4.78 is 10.4. The molecule has 2 unspecified atom stereocenters. The maximum Gasteiger partial charge on any atom is 0.410 e. The van der Waals surface area contributed by atoms with Crippen LogP contribution in [0.4, 0.5) is 4.79 Å². The maximum absolute atomic E-state index is 12.4. The average molecular weight is 306 g/mol. The maximum atomic E-state index is 12.4. The molecule has 0 N–H and O–H groups in total. The van der Waals surface area contributed by atoms with E-state index in [0.717, 1.165) is 6.42 Å². The Morgan fingerprint density at radius 3 is 2.73 bits per heavy atom. The van der Waals surface area contributed by atoms with Gasteiger partial charge in [0.15, 0.2) is 0 Å². The molecular formula is C16H22N2O4. The number of amides is 2. The molecule has 2 aliphatic heterocycles. The van der Waals surface area contributed by atoms with Gasteiger partial charge in [0.05, 0.1) is 17.9 Å². The monoisotopic (exact) mass is 306 g/mol. The van der Waals surface area contributed by atoms with Crippen LogP contribution in [0.1, 0.15) is 37.6 Å². The van der Waals surface area contributed by atoms with E-state index in [4.69, 9.17) is 9.15 Å². The normalized spacial score (nSPS) is 24.5. The Labute approximate surface area is 130 Å². The first-order chi connectivity index (χ1) is 10.3. The highest BCUT2D eigenvalue weighted by Gasteiger charge is 2.46. The van der Waals surface area contributed by atoms with Gasteiger partial charge in [-0.2, -0.15) is 0 Å². The third kappa shape index (κ3) is 2.82. The first kappa shape index (κ1) is 14.9. The number of rotatable bonds is 1. The number of carbonyl (C=O) groups excluding carboxylic acids is 2. The fourth-order valence-corrected chi connectivity index (χ4v) is 3.24. The van der Waals surface area contributed by atoms with Gasteiger partial charge in [-0.3, -0.25) is 4.79 Å². The van der Waals surface area contributed by atoms with Crippen molar-refractivity contribution in [2.24, 2.45) is 5.92 Å². The summed E-state index contributed by atoms with van der Waals surface area (Å²) in [5, 5.41) is 0. The van der Waals surface area contributed by atoms with E-state index in [9.17, 15) is 9.59 Å². The van der Waals surface area contributed by atoms with Gasteiger partial charge in [-0.15, -0.1) is 0 Å². The van der Waals surface area contributed by atoms with Crippen molar-refractivity contribution in [3.63, 3.8) is 0 Å². The van der Waals surface area contributed by atoms with Crippen molar-refractivity contribution in [1.29, 1.82) is 0 Å². The van der Waals surface area contributed by atoms with Gasteiger partial charge in [0.25, 0.3) is 5.91 Å². The summed E-state index contributed by atoms with van der Waals surface area (Å²) in [5.41, 5.74) is 0.0591. The van der Waals surface area contributed by atoms with E-state index in [2.05, 4.69) is 0 Å². The number of fused-ring (bicyclic) bond motifs is 1. The fourth-order valence-electron chi connectivity index (χ4n) is 3.24. The molecule has 0 bridgehead atoms. The minimum absolute atomic E-state index is 0.0349. The molecule has 0 aliphatic carbocycles. The zero-order chi connectivity index (χ0) is 15.9. The highest BCUT2D eigenvalue weighted by molar-refractivity contribution is 5.94. The molecular weight excluding hydrogens is 284 g/mol. The first-order valence-electron chi connectivity index (χ1n) is 7.66. The van der Waals surface area contributed by atoms with Crippen molar-refractivity contribution >= 4 is 12.0 Å². The Bertz CT molecular complexity index is 561. The van der Waals surface area contributed by atoms with Crippen molar-refractivity contribution in [3.8, 4) is 0 Å². The fraction of sp³-hybridized carbons (Fsp3) is 0.625. The van der Waals surface area contributed by atoms with Crippen molar-refractivity contribution in [1.82, 2.24) is 9.80 Å². The molecule has 0 radical (unpaired) electrons. The smallest absolute Gasteiger partial charge is 0.410 e. The SMILES string of the molecule is CC(C)(C)OC(=O)N1CCC2CN(C(=O)c3ccoc3)CC21. The highest BCUT2D eigenvalue weighted by Crippen LogP contribution is 2.33. The van der Waals surface area contributed by atoms with E-state index in [1.54, 1.807) is 15.9 Å². The predicted octanol–water partition coefficient (Wildman–Crippen LogP) is 2.36. The Kier molecular flexibility index (Phi) is 3.62. The van der Waals surface area contributed by atoms with Crippen LogP contribution in [0.3, 0.4) is 0 Å². The van der Waals surface area contributed by atoms with E-state index in [0.29, 0.717) is 31.1 Å². The third-order valence-corrected chi connectivity index (χ3v) is 4.23. The van der Waals surface area contributed by atoms with Crippen LogP contribution < -0.4 is 0 Å². The minimum Gasteiger partial charge on any atom is -0.472 e. The van der Waals surface area contributed by atoms with E-state index in [1.807, 2.05) is 20.8 Å². The first-order valence-corrected chi connectivity index (χ1v) is 7.66. The van der Waals surface area contributed by atoms with Crippen molar-refractivity contribution < 1.29 is 18.7 Å². The van der Waals surface area contributed by atoms with E-state index < -0.39 is 5.60 Å². The lowest BCUT2D eigenvalue weighted by molar-refractivity contribution is 0.0215. The Hall–Kier alpha value is -1.98. The number of nitrogens with zero attached hydrogens (tertiary/aromatic N) is 2. The van der Waals surface area contributed by atoms with E-state index in [-0.39, 0.29) is 18.0 Å². The van der Waals surface area contributed by atoms with Gasteiger partial charge in [-0.1, -0.05) is 0 Å². The van der Waals surface area contributed by atoms with Crippen LogP contribution in [0.2, 0.25) is 0 Å². The highest BCUT2D eigenvalue weighted by atomic mass is 16.6. The second kappa shape index (κ2) is 5.34. The molecule has 2 atom stereocenters. The summed E-state index contributed by atoms with van der Waals surface area (Å²) in [4.78, 5) is 28.2. The van der Waals surface area contributed by atoms with E-state index >= 15 is 0 Å². The zero-order valence-electron chi connectivity index (χ0n) is 13.2. The molecule has 0 spiro atoms. The molecule has 22 heavy (non-hydrogen) atoms. The summed E-state index contributed by atoms with van der Waals surface area (Å²) in [6.07, 6.45) is 3.59. The molecule has 1 aromatic rings. The Morgan fingerprint density at radius 2 is 2.09 bits per heavy atom. The molecule has 3 rings (SSSR count). The molecule has 2 saturated heterocycles. The van der Waals surface area contributed by atoms with Gasteiger partial charge in [0.2, 0.25) is 0 Å². The van der Waals surface area contributed by atoms with Crippen molar-refractivity contribution in [2.75, 3.05) is 19.6 Å². The second-order valence-electron chi connectivity index (χ2n) is 7.01. The lowest BCUT2D eigenvalue weighted by Gasteiger charge is -2.28. The standard InChI is InChI=1S/C16H22N2O4/c1-16(2,3)22-15(20)18-6-4-11-8-17(9-13(11)18)14(19)12-5-7-21-10-12/h5,7,10-11,13H,4,6,8-9H2,1-3H3. The lowest BCUT2D eigenvalue weighted by atomic mass is 10.1. The number of ether oxygens (including phenoxy) is 1. The molecule has 3 heterocycles. The largest absolute Gasteiger partial charge is 0.472 e. The number of carbonyl (C=O) groups is 2. The van der Waals surface area contributed by atoms with Crippen LogP contribution >= 0.6 is 0 Å². The molecule has 6 heteroatoms. The van der Waals surface area contributed by atoms with Crippen LogP contribution in [0, 0.1) is 5.92 Å². The minimum atomic E-state index is -0.500. The molecule has 6 nitrogen and oxygen atoms in total. The van der Waals surface area contributed by atoms with Crippen molar-refractivity contribution in [3.05, 3.63) is 24.2 Å². The summed E-state index contributed by atoms with van der Waals surface area (Å²) in [5.74, 6) is 0.302. The van der Waals surface area contributed by atoms with Gasteiger partial charge in [0.1, 0.15) is 11.9 Å². The number of furan rings is 1. The molecule has 1 aromatic heterocycles. The summed E-state index contributed by atoms with van der Waals surface area (Å²) in [6, 6.07) is 1.73. The van der Waals surface area contributed by atoms with Crippen LogP contribution in [0.15, 0.2) is 23.0 Å². The summed E-state index contributed by atoms with van der Waals surface area (Å²) in [6.45, 7) is 7.55. The Morgan fingerprint density at radius 1 is 1.32 bits per heavy atom. The summed E-state index contributed by atoms with van der Waals surface area (Å²) >= 11 is 0. The van der Waals surface area contributed by atoms with Crippen LogP contribution in [-0.2, 0) is 4.74 Å². The second-order valence-corrected chi connectivity index (χ2v) is 7.01. The van der Waals surface area contributed by atoms with Gasteiger partial charge in [0, 0.05) is 25.6 Å². The number of hydrogen-bond acceptors (Lipinski definition) is 4. The van der Waals surface area contributed by atoms with E-state index in [1.165, 1.54) is 12.5 Å². The van der Waals surface area contributed by atoms with Gasteiger partial charge in [-0.05, 0) is 33.3 Å². The topological polar surface area (TPSA) is 63.0 Å². The molecule has 2 fully saturated rings. The van der Waals surface area contributed by atoms with Gasteiger partial charge >= 0.3 is 6.09 Å². The number of likely N-dealkylation sites (tertiary alicyclic amines) is 2. The quantitative estimate of drug-likeness (QED) is 0.799. The molecule has 120 valence electrons. The molecule has 2 aliphatic rings.